The number of rotatable bonds is 4. The molecular weight excluding hydrogens is 246 g/mol. The van der Waals surface area contributed by atoms with E-state index in [9.17, 15) is 8.78 Å². The lowest BCUT2D eigenvalue weighted by Gasteiger charge is -2.08. The number of benzene rings is 1. The molecule has 4 heteroatoms. The van der Waals surface area contributed by atoms with Crippen LogP contribution >= 0.6 is 0 Å². The number of nitrogens with zero attached hydrogens (tertiary/aromatic N) is 1. The maximum absolute atomic E-state index is 13.6. The van der Waals surface area contributed by atoms with E-state index in [0.717, 1.165) is 17.7 Å². The van der Waals surface area contributed by atoms with E-state index in [1.54, 1.807) is 0 Å². The van der Waals surface area contributed by atoms with Crippen LogP contribution in [0.4, 0.5) is 8.78 Å². The Kier molecular flexibility index (Phi) is 3.11. The Balaban J connectivity index is 1.77. The fraction of sp³-hybridized carbons (Fsp3) is 0.333. The normalized spacial score (nSPS) is 16.6. The highest BCUT2D eigenvalue weighted by molar-refractivity contribution is 5.22. The SMILES string of the molecule is NC(c1ccn(Cc2cc(F)ccc2F)c1)C1CC1. The molecule has 1 aromatic carbocycles. The third-order valence-electron chi connectivity index (χ3n) is 3.65. The zero-order valence-electron chi connectivity index (χ0n) is 10.5. The zero-order valence-corrected chi connectivity index (χ0v) is 10.5. The predicted molar refractivity (Wildman–Crippen MR) is 69.5 cm³/mol. The molecule has 1 heterocycles. The smallest absolute Gasteiger partial charge is 0.128 e. The van der Waals surface area contributed by atoms with E-state index in [0.29, 0.717) is 18.0 Å². The van der Waals surface area contributed by atoms with Crippen LogP contribution in [0.5, 0.6) is 0 Å². The van der Waals surface area contributed by atoms with E-state index in [1.165, 1.54) is 18.9 Å². The molecule has 1 aliphatic carbocycles. The van der Waals surface area contributed by atoms with E-state index in [-0.39, 0.29) is 11.9 Å². The standard InChI is InChI=1S/C15H16F2N2/c16-13-3-4-14(17)12(7-13)9-19-6-5-11(8-19)15(18)10-1-2-10/h3-8,10,15H,1-2,9,18H2. The largest absolute Gasteiger partial charge is 0.349 e. The van der Waals surface area contributed by atoms with Crippen LogP contribution in [0.1, 0.15) is 30.0 Å². The molecule has 1 atom stereocenters. The maximum Gasteiger partial charge on any atom is 0.128 e. The Morgan fingerprint density at radius 1 is 1.26 bits per heavy atom. The van der Waals surface area contributed by atoms with Crippen LogP contribution in [0.15, 0.2) is 36.7 Å². The first-order valence-electron chi connectivity index (χ1n) is 6.48. The molecule has 0 amide bonds. The maximum atomic E-state index is 13.6. The topological polar surface area (TPSA) is 30.9 Å². The summed E-state index contributed by atoms with van der Waals surface area (Å²) in [4.78, 5) is 0. The molecule has 1 aliphatic rings. The highest BCUT2D eigenvalue weighted by Gasteiger charge is 2.29. The van der Waals surface area contributed by atoms with Crippen LogP contribution in [0.25, 0.3) is 0 Å². The molecule has 0 aliphatic heterocycles. The lowest BCUT2D eigenvalue weighted by atomic mass is 10.1. The Bertz CT molecular complexity index is 588. The van der Waals surface area contributed by atoms with Gasteiger partial charge in [0.2, 0.25) is 0 Å². The molecule has 0 spiro atoms. The van der Waals surface area contributed by atoms with Gasteiger partial charge in [-0.25, -0.2) is 8.78 Å². The number of nitrogens with two attached hydrogens (primary N) is 1. The van der Waals surface area contributed by atoms with Crippen LogP contribution in [-0.2, 0) is 6.54 Å². The van der Waals surface area contributed by atoms with Crippen LogP contribution in [0.2, 0.25) is 0 Å². The molecule has 100 valence electrons. The molecule has 2 N–H and O–H groups in total. The zero-order chi connectivity index (χ0) is 13.4. The first-order valence-corrected chi connectivity index (χ1v) is 6.48. The number of hydrogen-bond donors (Lipinski definition) is 1. The first kappa shape index (κ1) is 12.4. The van der Waals surface area contributed by atoms with Crippen molar-refractivity contribution < 1.29 is 8.78 Å². The summed E-state index contributed by atoms with van der Waals surface area (Å²) in [5.41, 5.74) is 7.53. The van der Waals surface area contributed by atoms with Crippen molar-refractivity contribution in [3.63, 3.8) is 0 Å². The molecule has 0 bridgehead atoms. The summed E-state index contributed by atoms with van der Waals surface area (Å²) >= 11 is 0. The summed E-state index contributed by atoms with van der Waals surface area (Å²) in [6.45, 7) is 0.320. The quantitative estimate of drug-likeness (QED) is 0.901. The fourth-order valence-corrected chi connectivity index (χ4v) is 2.34. The third-order valence-corrected chi connectivity index (χ3v) is 3.65. The van der Waals surface area contributed by atoms with E-state index >= 15 is 0 Å². The molecule has 1 saturated carbocycles. The summed E-state index contributed by atoms with van der Waals surface area (Å²) in [6, 6.07) is 5.54. The van der Waals surface area contributed by atoms with E-state index < -0.39 is 5.82 Å². The minimum Gasteiger partial charge on any atom is -0.349 e. The van der Waals surface area contributed by atoms with Crippen molar-refractivity contribution in [2.75, 3.05) is 0 Å². The van der Waals surface area contributed by atoms with Crippen LogP contribution < -0.4 is 5.73 Å². The van der Waals surface area contributed by atoms with Gasteiger partial charge in [-0.2, -0.15) is 0 Å². The van der Waals surface area contributed by atoms with Gasteiger partial charge in [0.1, 0.15) is 11.6 Å². The average Bonchev–Trinajstić information content (AvgIpc) is 3.13. The molecule has 1 aromatic heterocycles. The van der Waals surface area contributed by atoms with Crippen LogP contribution in [-0.4, -0.2) is 4.57 Å². The highest BCUT2D eigenvalue weighted by Crippen LogP contribution is 2.39. The predicted octanol–water partition coefficient (Wildman–Crippen LogP) is 3.22. The lowest BCUT2D eigenvalue weighted by Crippen LogP contribution is -2.11. The van der Waals surface area contributed by atoms with Crippen molar-refractivity contribution in [2.45, 2.75) is 25.4 Å². The Morgan fingerprint density at radius 3 is 2.79 bits per heavy atom. The second kappa shape index (κ2) is 4.78. The van der Waals surface area contributed by atoms with Crippen molar-refractivity contribution in [1.29, 1.82) is 0 Å². The second-order valence-electron chi connectivity index (χ2n) is 5.22. The van der Waals surface area contributed by atoms with Gasteiger partial charge in [0.15, 0.2) is 0 Å². The van der Waals surface area contributed by atoms with Gasteiger partial charge in [0, 0.05) is 30.5 Å². The van der Waals surface area contributed by atoms with Crippen molar-refractivity contribution in [2.24, 2.45) is 11.7 Å². The van der Waals surface area contributed by atoms with Gasteiger partial charge in [-0.3, -0.25) is 0 Å². The molecule has 1 unspecified atom stereocenters. The van der Waals surface area contributed by atoms with Crippen LogP contribution in [0.3, 0.4) is 0 Å². The summed E-state index contributed by atoms with van der Waals surface area (Å²) in [6.07, 6.45) is 6.16. The van der Waals surface area contributed by atoms with Crippen molar-refractivity contribution in [3.05, 3.63) is 59.4 Å². The minimum absolute atomic E-state index is 0.0682. The van der Waals surface area contributed by atoms with E-state index in [2.05, 4.69) is 0 Å². The number of halogens is 2. The fourth-order valence-electron chi connectivity index (χ4n) is 2.34. The summed E-state index contributed by atoms with van der Waals surface area (Å²) in [5.74, 6) is -0.219. The molecule has 0 radical (unpaired) electrons. The first-order chi connectivity index (χ1) is 9.13. The highest BCUT2D eigenvalue weighted by atomic mass is 19.1. The van der Waals surface area contributed by atoms with Gasteiger partial charge in [-0.05, 0) is 48.6 Å². The Labute approximate surface area is 110 Å². The molecule has 2 aromatic rings. The molecule has 0 saturated heterocycles. The molecule has 19 heavy (non-hydrogen) atoms. The van der Waals surface area contributed by atoms with Gasteiger partial charge in [0.25, 0.3) is 0 Å². The third kappa shape index (κ3) is 2.68. The molecular formula is C15H16F2N2. The van der Waals surface area contributed by atoms with Crippen LogP contribution in [0, 0.1) is 17.6 Å². The van der Waals surface area contributed by atoms with Gasteiger partial charge >= 0.3 is 0 Å². The van der Waals surface area contributed by atoms with Gasteiger partial charge in [-0.15, -0.1) is 0 Å². The van der Waals surface area contributed by atoms with Crippen molar-refractivity contribution in [3.8, 4) is 0 Å². The monoisotopic (exact) mass is 262 g/mol. The second-order valence-corrected chi connectivity index (χ2v) is 5.22. The number of hydrogen-bond acceptors (Lipinski definition) is 1. The van der Waals surface area contributed by atoms with Gasteiger partial charge < -0.3 is 10.3 Å². The van der Waals surface area contributed by atoms with Gasteiger partial charge in [-0.1, -0.05) is 0 Å². The lowest BCUT2D eigenvalue weighted by molar-refractivity contribution is 0.576. The minimum atomic E-state index is -0.418. The van der Waals surface area contributed by atoms with E-state index in [4.69, 9.17) is 5.73 Å². The summed E-state index contributed by atoms with van der Waals surface area (Å²) in [7, 11) is 0. The molecule has 2 nitrogen and oxygen atoms in total. The van der Waals surface area contributed by atoms with Crippen molar-refractivity contribution in [1.82, 2.24) is 4.57 Å². The Morgan fingerprint density at radius 2 is 2.05 bits per heavy atom. The summed E-state index contributed by atoms with van der Waals surface area (Å²) in [5, 5.41) is 0. The molecule has 1 fully saturated rings. The van der Waals surface area contributed by atoms with E-state index in [1.807, 2.05) is 23.0 Å². The summed E-state index contributed by atoms with van der Waals surface area (Å²) < 4.78 is 28.5. The Hall–Kier alpha value is -1.68. The number of aromatic nitrogens is 1. The average molecular weight is 262 g/mol. The van der Waals surface area contributed by atoms with Gasteiger partial charge in [0.05, 0.1) is 0 Å². The van der Waals surface area contributed by atoms with Crippen molar-refractivity contribution >= 4 is 0 Å². The molecule has 3 rings (SSSR count).